The smallest absolute Gasteiger partial charge is 0.278 e. The Hall–Kier alpha value is -1.52. The van der Waals surface area contributed by atoms with E-state index >= 15 is 0 Å². The van der Waals surface area contributed by atoms with E-state index in [2.05, 4.69) is 15.0 Å². The maximum absolute atomic E-state index is 11.8. The molecule has 2 rings (SSSR count). The molecule has 0 aliphatic heterocycles. The molecule has 6 heteroatoms. The number of aryl methyl sites for hydroxylation is 1. The molecule has 0 atom stereocenters. The van der Waals surface area contributed by atoms with E-state index < -0.39 is 0 Å². The molecule has 1 N–H and O–H groups in total. The fraction of sp³-hybridized carbons (Fsp3) is 0.0909. The number of nitrogens with zero attached hydrogens (tertiary/aromatic N) is 1. The molecule has 88 valence electrons. The van der Waals surface area contributed by atoms with E-state index in [1.807, 2.05) is 0 Å². The maximum Gasteiger partial charge on any atom is 0.278 e. The molecule has 0 unspecified atom stereocenters. The Morgan fingerprint density at radius 1 is 1.41 bits per heavy atom. The zero-order chi connectivity index (χ0) is 12.4. The summed E-state index contributed by atoms with van der Waals surface area (Å²) in [6.07, 6.45) is 1.40. The van der Waals surface area contributed by atoms with Gasteiger partial charge in [0, 0.05) is 10.6 Å². The summed E-state index contributed by atoms with van der Waals surface area (Å²) in [5, 5.41) is 7.11. The van der Waals surface area contributed by atoms with Crippen LogP contribution in [0.25, 0.3) is 0 Å². The van der Waals surface area contributed by atoms with Gasteiger partial charge in [0.2, 0.25) is 0 Å². The maximum atomic E-state index is 11.8. The standard InChI is InChI=1S/C11H8Cl2N2O2/c1-6-5-17-15-10(6)11(16)14-9-4-7(12)2-3-8(9)13/h2-5H,1H3,(H,14,16). The van der Waals surface area contributed by atoms with Crippen LogP contribution in [0.15, 0.2) is 29.0 Å². The highest BCUT2D eigenvalue weighted by atomic mass is 35.5. The van der Waals surface area contributed by atoms with Crippen molar-refractivity contribution < 1.29 is 9.32 Å². The molecular formula is C11H8Cl2N2O2. The fourth-order valence-corrected chi connectivity index (χ4v) is 1.62. The summed E-state index contributed by atoms with van der Waals surface area (Å²) in [4.78, 5) is 11.8. The van der Waals surface area contributed by atoms with Crippen LogP contribution in [0, 0.1) is 6.92 Å². The van der Waals surface area contributed by atoms with E-state index in [-0.39, 0.29) is 11.6 Å². The van der Waals surface area contributed by atoms with Gasteiger partial charge < -0.3 is 9.84 Å². The number of amides is 1. The van der Waals surface area contributed by atoms with Crippen molar-refractivity contribution in [1.82, 2.24) is 5.16 Å². The third-order valence-corrected chi connectivity index (χ3v) is 2.70. The van der Waals surface area contributed by atoms with Gasteiger partial charge in [-0.05, 0) is 25.1 Å². The summed E-state index contributed by atoms with van der Waals surface area (Å²) in [5.41, 5.74) is 1.31. The van der Waals surface area contributed by atoms with Crippen molar-refractivity contribution in [2.45, 2.75) is 6.92 Å². The van der Waals surface area contributed by atoms with E-state index in [0.29, 0.717) is 21.3 Å². The first-order chi connectivity index (χ1) is 8.08. The monoisotopic (exact) mass is 270 g/mol. The molecular weight excluding hydrogens is 263 g/mol. The number of hydrogen-bond donors (Lipinski definition) is 1. The second-order valence-electron chi connectivity index (χ2n) is 3.42. The Balaban J connectivity index is 2.24. The van der Waals surface area contributed by atoms with Crippen LogP contribution in [0.4, 0.5) is 5.69 Å². The second-order valence-corrected chi connectivity index (χ2v) is 4.27. The summed E-state index contributed by atoms with van der Waals surface area (Å²) < 4.78 is 4.69. The van der Waals surface area contributed by atoms with Crippen molar-refractivity contribution in [1.29, 1.82) is 0 Å². The first-order valence-corrected chi connectivity index (χ1v) is 5.51. The molecule has 0 aliphatic carbocycles. The van der Waals surface area contributed by atoms with Crippen LogP contribution < -0.4 is 5.32 Å². The van der Waals surface area contributed by atoms with E-state index in [9.17, 15) is 4.79 Å². The van der Waals surface area contributed by atoms with Gasteiger partial charge in [-0.3, -0.25) is 4.79 Å². The summed E-state index contributed by atoms with van der Waals surface area (Å²) >= 11 is 11.7. The lowest BCUT2D eigenvalue weighted by molar-refractivity contribution is 0.101. The van der Waals surface area contributed by atoms with Crippen molar-refractivity contribution in [3.8, 4) is 0 Å². The molecule has 4 nitrogen and oxygen atoms in total. The van der Waals surface area contributed by atoms with Crippen molar-refractivity contribution in [3.63, 3.8) is 0 Å². The van der Waals surface area contributed by atoms with Crippen LogP contribution in [-0.2, 0) is 0 Å². The Morgan fingerprint density at radius 2 is 2.18 bits per heavy atom. The highest BCUT2D eigenvalue weighted by molar-refractivity contribution is 6.35. The van der Waals surface area contributed by atoms with Gasteiger partial charge in [-0.15, -0.1) is 0 Å². The molecule has 0 bridgehead atoms. The van der Waals surface area contributed by atoms with Gasteiger partial charge >= 0.3 is 0 Å². The minimum Gasteiger partial charge on any atom is -0.364 e. The summed E-state index contributed by atoms with van der Waals surface area (Å²) in [5.74, 6) is -0.389. The minimum atomic E-state index is -0.389. The molecule has 0 spiro atoms. The Bertz CT molecular complexity index is 566. The first kappa shape index (κ1) is 12.0. The van der Waals surface area contributed by atoms with Gasteiger partial charge in [0.05, 0.1) is 10.7 Å². The molecule has 0 radical (unpaired) electrons. The van der Waals surface area contributed by atoms with Crippen molar-refractivity contribution >= 4 is 34.8 Å². The quantitative estimate of drug-likeness (QED) is 0.908. The predicted octanol–water partition coefficient (Wildman–Crippen LogP) is 3.54. The lowest BCUT2D eigenvalue weighted by atomic mass is 10.2. The number of carbonyl (C=O) groups is 1. The van der Waals surface area contributed by atoms with E-state index in [1.165, 1.54) is 6.26 Å². The molecule has 1 aromatic heterocycles. The molecule has 1 aromatic carbocycles. The van der Waals surface area contributed by atoms with E-state index in [0.717, 1.165) is 0 Å². The minimum absolute atomic E-state index is 0.223. The van der Waals surface area contributed by atoms with Crippen LogP contribution in [0.3, 0.4) is 0 Å². The van der Waals surface area contributed by atoms with Gasteiger partial charge in [0.1, 0.15) is 6.26 Å². The summed E-state index contributed by atoms with van der Waals surface area (Å²) in [6, 6.07) is 4.81. The number of hydrogen-bond acceptors (Lipinski definition) is 3. The van der Waals surface area contributed by atoms with Crippen LogP contribution in [-0.4, -0.2) is 11.1 Å². The zero-order valence-corrected chi connectivity index (χ0v) is 10.3. The molecule has 0 saturated carbocycles. The average Bonchev–Trinajstić information content (AvgIpc) is 2.70. The molecule has 0 fully saturated rings. The van der Waals surface area contributed by atoms with Gasteiger partial charge in [-0.1, -0.05) is 28.4 Å². The van der Waals surface area contributed by atoms with Gasteiger partial charge in [0.15, 0.2) is 5.69 Å². The number of carbonyl (C=O) groups excluding carboxylic acids is 1. The SMILES string of the molecule is Cc1conc1C(=O)Nc1cc(Cl)ccc1Cl. The van der Waals surface area contributed by atoms with Gasteiger partial charge in [-0.2, -0.15) is 0 Å². The van der Waals surface area contributed by atoms with E-state index in [4.69, 9.17) is 23.2 Å². The summed E-state index contributed by atoms with van der Waals surface area (Å²) in [7, 11) is 0. The van der Waals surface area contributed by atoms with Crippen LogP contribution in [0.5, 0.6) is 0 Å². The molecule has 17 heavy (non-hydrogen) atoms. The highest BCUT2D eigenvalue weighted by Crippen LogP contribution is 2.25. The molecule has 0 aliphatic rings. The number of anilines is 1. The van der Waals surface area contributed by atoms with Crippen LogP contribution >= 0.6 is 23.2 Å². The molecule has 0 saturated heterocycles. The summed E-state index contributed by atoms with van der Waals surface area (Å²) in [6.45, 7) is 1.73. The Kier molecular flexibility index (Phi) is 3.36. The number of rotatable bonds is 2. The van der Waals surface area contributed by atoms with Crippen molar-refractivity contribution in [2.75, 3.05) is 5.32 Å². The number of nitrogens with one attached hydrogen (secondary N) is 1. The van der Waals surface area contributed by atoms with E-state index in [1.54, 1.807) is 25.1 Å². The number of aromatic nitrogens is 1. The van der Waals surface area contributed by atoms with Gasteiger partial charge in [-0.25, -0.2) is 0 Å². The molecule has 1 heterocycles. The molecule has 1 amide bonds. The highest BCUT2D eigenvalue weighted by Gasteiger charge is 2.14. The largest absolute Gasteiger partial charge is 0.364 e. The average molecular weight is 271 g/mol. The van der Waals surface area contributed by atoms with Crippen molar-refractivity contribution in [2.24, 2.45) is 0 Å². The van der Waals surface area contributed by atoms with Gasteiger partial charge in [0.25, 0.3) is 5.91 Å². The zero-order valence-electron chi connectivity index (χ0n) is 8.83. The van der Waals surface area contributed by atoms with Crippen LogP contribution in [0.1, 0.15) is 16.1 Å². The second kappa shape index (κ2) is 4.77. The Morgan fingerprint density at radius 3 is 2.82 bits per heavy atom. The predicted molar refractivity (Wildman–Crippen MR) is 65.7 cm³/mol. The fourth-order valence-electron chi connectivity index (χ4n) is 1.28. The van der Waals surface area contributed by atoms with Crippen LogP contribution in [0.2, 0.25) is 10.0 Å². The van der Waals surface area contributed by atoms with Crippen molar-refractivity contribution in [3.05, 3.63) is 45.8 Å². The lowest BCUT2D eigenvalue weighted by Crippen LogP contribution is -2.13. The third-order valence-electron chi connectivity index (χ3n) is 2.14. The normalized spacial score (nSPS) is 10.3. The molecule has 2 aromatic rings. The third kappa shape index (κ3) is 2.60. The topological polar surface area (TPSA) is 55.1 Å². The first-order valence-electron chi connectivity index (χ1n) is 4.75. The number of halogens is 2. The Labute approximate surface area is 108 Å². The number of benzene rings is 1. The lowest BCUT2D eigenvalue weighted by Gasteiger charge is -2.06.